The van der Waals surface area contributed by atoms with Crippen LogP contribution in [0.4, 0.5) is 5.69 Å². The number of benzene rings is 3. The predicted octanol–water partition coefficient (Wildman–Crippen LogP) is 4.94. The summed E-state index contributed by atoms with van der Waals surface area (Å²) in [5.41, 5.74) is 2.77. The molecular weight excluding hydrogens is 436 g/mol. The van der Waals surface area contributed by atoms with Gasteiger partial charge in [0.25, 0.3) is 5.91 Å². The van der Waals surface area contributed by atoms with Crippen LogP contribution in [-0.2, 0) is 11.4 Å². The van der Waals surface area contributed by atoms with Crippen molar-refractivity contribution in [2.45, 2.75) is 13.5 Å². The van der Waals surface area contributed by atoms with Gasteiger partial charge in [0.15, 0.2) is 5.11 Å². The van der Waals surface area contributed by atoms with Crippen LogP contribution in [0.25, 0.3) is 6.08 Å². The lowest BCUT2D eigenvalue weighted by atomic mass is 10.1. The van der Waals surface area contributed by atoms with Gasteiger partial charge in [-0.3, -0.25) is 9.69 Å². The third-order valence-corrected chi connectivity index (χ3v) is 5.32. The van der Waals surface area contributed by atoms with Gasteiger partial charge in [-0.2, -0.15) is 0 Å². The summed E-state index contributed by atoms with van der Waals surface area (Å²) in [7, 11) is 1.62. The SMILES string of the molecule is CCOc1ccc(N2C(=O)/C(=C\c3ccc(OC)c(COc4ccccc4)c3)NC2=S)cc1. The molecule has 6 nitrogen and oxygen atoms in total. The fourth-order valence-electron chi connectivity index (χ4n) is 3.47. The number of ether oxygens (including phenoxy) is 3. The van der Waals surface area contributed by atoms with Crippen molar-refractivity contribution in [3.05, 3.63) is 89.6 Å². The normalized spacial score (nSPS) is 14.4. The smallest absolute Gasteiger partial charge is 0.281 e. The molecule has 0 aromatic heterocycles. The Kier molecular flexibility index (Phi) is 6.90. The van der Waals surface area contributed by atoms with Gasteiger partial charge in [-0.1, -0.05) is 24.3 Å². The van der Waals surface area contributed by atoms with E-state index in [0.29, 0.717) is 35.5 Å². The van der Waals surface area contributed by atoms with E-state index >= 15 is 0 Å². The molecule has 1 amide bonds. The first-order valence-corrected chi connectivity index (χ1v) is 10.9. The Labute approximate surface area is 198 Å². The van der Waals surface area contributed by atoms with E-state index in [-0.39, 0.29) is 5.91 Å². The Morgan fingerprint density at radius 3 is 2.39 bits per heavy atom. The van der Waals surface area contributed by atoms with Crippen molar-refractivity contribution in [3.63, 3.8) is 0 Å². The molecule has 1 saturated heterocycles. The standard InChI is InChI=1S/C26H24N2O4S/c1-3-31-22-12-10-20(11-13-22)28-25(29)23(27-26(28)33)16-18-9-14-24(30-2)19(15-18)17-32-21-7-5-4-6-8-21/h4-16H,3,17H2,1-2H3,(H,27,33)/b23-16+. The molecule has 0 unspecified atom stereocenters. The molecule has 1 N–H and O–H groups in total. The van der Waals surface area contributed by atoms with Gasteiger partial charge >= 0.3 is 0 Å². The van der Waals surface area contributed by atoms with E-state index in [9.17, 15) is 4.79 Å². The number of para-hydroxylation sites is 1. The Bertz CT molecular complexity index is 1180. The van der Waals surface area contributed by atoms with Crippen LogP contribution in [0, 0.1) is 0 Å². The molecule has 0 spiro atoms. The van der Waals surface area contributed by atoms with Crippen molar-refractivity contribution in [3.8, 4) is 17.2 Å². The second kappa shape index (κ2) is 10.2. The number of rotatable bonds is 8. The molecule has 3 aromatic rings. The Morgan fingerprint density at radius 2 is 1.70 bits per heavy atom. The number of carbonyl (C=O) groups is 1. The molecule has 1 aliphatic rings. The summed E-state index contributed by atoms with van der Waals surface area (Å²) >= 11 is 5.42. The number of thiocarbonyl (C=S) groups is 1. The minimum Gasteiger partial charge on any atom is -0.496 e. The van der Waals surface area contributed by atoms with Gasteiger partial charge in [-0.15, -0.1) is 0 Å². The van der Waals surface area contributed by atoms with Crippen LogP contribution in [-0.4, -0.2) is 24.7 Å². The average Bonchev–Trinajstić information content (AvgIpc) is 3.12. The molecule has 168 valence electrons. The number of nitrogens with zero attached hydrogens (tertiary/aromatic N) is 1. The zero-order valence-electron chi connectivity index (χ0n) is 18.4. The molecule has 0 atom stereocenters. The first-order valence-electron chi connectivity index (χ1n) is 10.5. The van der Waals surface area contributed by atoms with Gasteiger partial charge in [0.05, 0.1) is 19.4 Å². The van der Waals surface area contributed by atoms with Crippen molar-refractivity contribution in [1.82, 2.24) is 5.32 Å². The minimum atomic E-state index is -0.220. The lowest BCUT2D eigenvalue weighted by Crippen LogP contribution is -2.30. The molecule has 3 aromatic carbocycles. The highest BCUT2D eigenvalue weighted by Crippen LogP contribution is 2.27. The van der Waals surface area contributed by atoms with Crippen LogP contribution >= 0.6 is 12.2 Å². The van der Waals surface area contributed by atoms with Gasteiger partial charge in [-0.25, -0.2) is 0 Å². The maximum absolute atomic E-state index is 13.1. The molecule has 7 heteroatoms. The van der Waals surface area contributed by atoms with Gasteiger partial charge in [0, 0.05) is 5.56 Å². The summed E-state index contributed by atoms with van der Waals surface area (Å²) in [6.07, 6.45) is 1.77. The lowest BCUT2D eigenvalue weighted by Gasteiger charge is -2.14. The molecule has 4 rings (SSSR count). The first-order chi connectivity index (χ1) is 16.1. The van der Waals surface area contributed by atoms with Gasteiger partial charge in [0.2, 0.25) is 0 Å². The monoisotopic (exact) mass is 460 g/mol. The summed E-state index contributed by atoms with van der Waals surface area (Å²) in [4.78, 5) is 14.5. The molecule has 1 heterocycles. The third-order valence-electron chi connectivity index (χ3n) is 5.04. The van der Waals surface area contributed by atoms with Crippen molar-refractivity contribution in [2.75, 3.05) is 18.6 Å². The number of amides is 1. The Morgan fingerprint density at radius 1 is 0.970 bits per heavy atom. The summed E-state index contributed by atoms with van der Waals surface area (Å²) in [5.74, 6) is 2.01. The zero-order valence-corrected chi connectivity index (χ0v) is 19.2. The second-order valence-electron chi connectivity index (χ2n) is 7.23. The number of methoxy groups -OCH3 is 1. The molecule has 1 fully saturated rings. The summed E-state index contributed by atoms with van der Waals surface area (Å²) < 4.78 is 16.8. The van der Waals surface area contributed by atoms with Crippen LogP contribution in [0.15, 0.2) is 78.5 Å². The van der Waals surface area contributed by atoms with E-state index in [2.05, 4.69) is 5.32 Å². The number of anilines is 1. The number of hydrogen-bond donors (Lipinski definition) is 1. The van der Waals surface area contributed by atoms with Crippen LogP contribution < -0.4 is 24.4 Å². The van der Waals surface area contributed by atoms with Crippen molar-refractivity contribution in [1.29, 1.82) is 0 Å². The number of carbonyl (C=O) groups excluding carboxylic acids is 1. The maximum Gasteiger partial charge on any atom is 0.281 e. The molecule has 0 bridgehead atoms. The highest BCUT2D eigenvalue weighted by atomic mass is 32.1. The topological polar surface area (TPSA) is 60.0 Å². The van der Waals surface area contributed by atoms with E-state index < -0.39 is 0 Å². The third kappa shape index (κ3) is 5.15. The summed E-state index contributed by atoms with van der Waals surface area (Å²) in [6, 6.07) is 22.5. The lowest BCUT2D eigenvalue weighted by molar-refractivity contribution is -0.113. The van der Waals surface area contributed by atoms with Gasteiger partial charge in [0.1, 0.15) is 29.6 Å². The van der Waals surface area contributed by atoms with E-state index in [1.54, 1.807) is 13.2 Å². The molecule has 0 aliphatic carbocycles. The largest absolute Gasteiger partial charge is 0.496 e. The minimum absolute atomic E-state index is 0.220. The van der Waals surface area contributed by atoms with Crippen LogP contribution in [0.1, 0.15) is 18.1 Å². The predicted molar refractivity (Wildman–Crippen MR) is 133 cm³/mol. The Hall–Kier alpha value is -3.84. The molecular formula is C26H24N2O4S. The van der Waals surface area contributed by atoms with Crippen molar-refractivity contribution >= 4 is 35.0 Å². The fraction of sp³-hybridized carbons (Fsp3) is 0.154. The first kappa shape index (κ1) is 22.4. The molecule has 0 saturated carbocycles. The summed E-state index contributed by atoms with van der Waals surface area (Å²) in [6.45, 7) is 2.84. The van der Waals surface area contributed by atoms with E-state index in [4.69, 9.17) is 26.4 Å². The van der Waals surface area contributed by atoms with Crippen molar-refractivity contribution < 1.29 is 19.0 Å². The van der Waals surface area contributed by atoms with Crippen LogP contribution in [0.2, 0.25) is 0 Å². The fourth-order valence-corrected chi connectivity index (χ4v) is 3.77. The highest BCUT2D eigenvalue weighted by molar-refractivity contribution is 7.80. The van der Waals surface area contributed by atoms with E-state index in [0.717, 1.165) is 22.6 Å². The molecule has 0 radical (unpaired) electrons. The summed E-state index contributed by atoms with van der Waals surface area (Å²) in [5, 5.41) is 3.35. The van der Waals surface area contributed by atoms with E-state index in [1.165, 1.54) is 4.90 Å². The zero-order chi connectivity index (χ0) is 23.2. The maximum atomic E-state index is 13.1. The van der Waals surface area contributed by atoms with Crippen LogP contribution in [0.3, 0.4) is 0 Å². The van der Waals surface area contributed by atoms with Gasteiger partial charge < -0.3 is 19.5 Å². The highest BCUT2D eigenvalue weighted by Gasteiger charge is 2.32. The quantitative estimate of drug-likeness (QED) is 0.380. The van der Waals surface area contributed by atoms with Crippen LogP contribution in [0.5, 0.6) is 17.2 Å². The Balaban J connectivity index is 1.54. The van der Waals surface area contributed by atoms with E-state index in [1.807, 2.05) is 79.7 Å². The number of hydrogen-bond acceptors (Lipinski definition) is 5. The number of nitrogens with one attached hydrogen (secondary N) is 1. The average molecular weight is 461 g/mol. The molecule has 33 heavy (non-hydrogen) atoms. The molecule has 1 aliphatic heterocycles. The van der Waals surface area contributed by atoms with Crippen molar-refractivity contribution in [2.24, 2.45) is 0 Å². The van der Waals surface area contributed by atoms with Gasteiger partial charge in [-0.05, 0) is 79.3 Å². The second-order valence-corrected chi connectivity index (χ2v) is 7.62.